The SMILES string of the molecule is CC(=O)C[C@]1(O)C(=O)N(CCCOc2cccc3ccccc23)c2ccccc21. The standard InChI is InChI=1S/C24H23NO4/c1-17(26)16-24(28)20-11-4-5-12-21(20)25(23(24)27)14-7-15-29-22-13-6-9-18-8-2-3-10-19(18)22/h2-6,8-13,28H,7,14-16H2,1H3/t24-/m1/s1. The lowest BCUT2D eigenvalue weighted by atomic mass is 9.90. The number of anilines is 1. The molecular weight excluding hydrogens is 366 g/mol. The van der Waals surface area contributed by atoms with E-state index in [-0.39, 0.29) is 12.2 Å². The van der Waals surface area contributed by atoms with Crippen LogP contribution in [0.15, 0.2) is 66.7 Å². The zero-order valence-electron chi connectivity index (χ0n) is 16.3. The summed E-state index contributed by atoms with van der Waals surface area (Å²) in [5.41, 5.74) is -0.625. The number of hydrogen-bond acceptors (Lipinski definition) is 4. The molecule has 3 aromatic rings. The molecular formula is C24H23NO4. The fraction of sp³-hybridized carbons (Fsp3) is 0.250. The number of Topliss-reactive ketones (excluding diaryl/α,β-unsaturated/α-hetero) is 1. The lowest BCUT2D eigenvalue weighted by Gasteiger charge is -2.22. The van der Waals surface area contributed by atoms with E-state index in [0.29, 0.717) is 30.8 Å². The summed E-state index contributed by atoms with van der Waals surface area (Å²) < 4.78 is 5.96. The van der Waals surface area contributed by atoms with E-state index in [1.54, 1.807) is 23.1 Å². The second-order valence-electron chi connectivity index (χ2n) is 7.39. The molecule has 1 heterocycles. The molecule has 3 aromatic carbocycles. The number of rotatable bonds is 7. The second kappa shape index (κ2) is 7.68. The molecule has 0 unspecified atom stereocenters. The Kier molecular flexibility index (Phi) is 5.07. The van der Waals surface area contributed by atoms with Crippen molar-refractivity contribution in [2.24, 2.45) is 0 Å². The predicted molar refractivity (Wildman–Crippen MR) is 112 cm³/mol. The van der Waals surface area contributed by atoms with Gasteiger partial charge in [-0.3, -0.25) is 9.59 Å². The molecule has 0 fully saturated rings. The average Bonchev–Trinajstić information content (AvgIpc) is 2.92. The van der Waals surface area contributed by atoms with E-state index < -0.39 is 11.5 Å². The van der Waals surface area contributed by atoms with Crippen molar-refractivity contribution >= 4 is 28.2 Å². The van der Waals surface area contributed by atoms with Gasteiger partial charge in [0.15, 0.2) is 5.60 Å². The zero-order chi connectivity index (χ0) is 20.4. The van der Waals surface area contributed by atoms with Crippen molar-refractivity contribution in [3.63, 3.8) is 0 Å². The number of ketones is 1. The fourth-order valence-corrected chi connectivity index (χ4v) is 3.99. The number of fused-ring (bicyclic) bond motifs is 2. The quantitative estimate of drug-likeness (QED) is 0.624. The van der Waals surface area contributed by atoms with Gasteiger partial charge in [0, 0.05) is 23.9 Å². The number of ether oxygens (including phenoxy) is 1. The first kappa shape index (κ1) is 19.2. The Labute approximate surface area is 169 Å². The number of para-hydroxylation sites is 1. The molecule has 1 atom stereocenters. The van der Waals surface area contributed by atoms with Crippen molar-refractivity contribution in [1.82, 2.24) is 0 Å². The molecule has 5 nitrogen and oxygen atoms in total. The van der Waals surface area contributed by atoms with Crippen molar-refractivity contribution in [1.29, 1.82) is 0 Å². The highest BCUT2D eigenvalue weighted by Gasteiger charge is 2.49. The van der Waals surface area contributed by atoms with E-state index in [2.05, 4.69) is 0 Å². The molecule has 1 amide bonds. The van der Waals surface area contributed by atoms with Gasteiger partial charge in [-0.2, -0.15) is 0 Å². The van der Waals surface area contributed by atoms with E-state index in [1.807, 2.05) is 48.5 Å². The van der Waals surface area contributed by atoms with Crippen molar-refractivity contribution < 1.29 is 19.4 Å². The minimum Gasteiger partial charge on any atom is -0.493 e. The van der Waals surface area contributed by atoms with E-state index in [0.717, 1.165) is 16.5 Å². The maximum absolute atomic E-state index is 12.9. The normalized spacial score (nSPS) is 18.1. The molecule has 0 bridgehead atoms. The highest BCUT2D eigenvalue weighted by Crippen LogP contribution is 2.42. The molecule has 0 aliphatic carbocycles. The molecule has 1 aliphatic heterocycles. The van der Waals surface area contributed by atoms with Crippen LogP contribution in [-0.2, 0) is 15.2 Å². The van der Waals surface area contributed by atoms with Gasteiger partial charge in [-0.15, -0.1) is 0 Å². The highest BCUT2D eigenvalue weighted by molar-refractivity contribution is 6.08. The van der Waals surface area contributed by atoms with Gasteiger partial charge in [-0.1, -0.05) is 54.6 Å². The van der Waals surface area contributed by atoms with E-state index >= 15 is 0 Å². The number of benzene rings is 3. The number of hydrogen-bond donors (Lipinski definition) is 1. The van der Waals surface area contributed by atoms with E-state index in [4.69, 9.17) is 4.74 Å². The monoisotopic (exact) mass is 389 g/mol. The van der Waals surface area contributed by atoms with Gasteiger partial charge in [0.05, 0.1) is 12.3 Å². The van der Waals surface area contributed by atoms with Crippen molar-refractivity contribution in [2.75, 3.05) is 18.1 Å². The summed E-state index contributed by atoms with van der Waals surface area (Å²) in [5.74, 6) is 0.139. The van der Waals surface area contributed by atoms with Crippen LogP contribution in [0.5, 0.6) is 5.75 Å². The third-order valence-corrected chi connectivity index (χ3v) is 5.28. The first-order chi connectivity index (χ1) is 14.0. The largest absolute Gasteiger partial charge is 0.493 e. The molecule has 0 aromatic heterocycles. The molecule has 1 N–H and O–H groups in total. The summed E-state index contributed by atoms with van der Waals surface area (Å²) in [4.78, 5) is 26.1. The van der Waals surface area contributed by atoms with Crippen LogP contribution in [0.1, 0.15) is 25.3 Å². The fourth-order valence-electron chi connectivity index (χ4n) is 3.99. The molecule has 29 heavy (non-hydrogen) atoms. The molecule has 0 saturated carbocycles. The van der Waals surface area contributed by atoms with Crippen molar-refractivity contribution in [2.45, 2.75) is 25.4 Å². The number of aliphatic hydroxyl groups is 1. The number of nitrogens with zero attached hydrogens (tertiary/aromatic N) is 1. The molecule has 5 heteroatoms. The van der Waals surface area contributed by atoms with E-state index in [1.165, 1.54) is 6.92 Å². The van der Waals surface area contributed by atoms with Crippen LogP contribution >= 0.6 is 0 Å². The Morgan fingerprint density at radius 3 is 2.59 bits per heavy atom. The van der Waals surface area contributed by atoms with Gasteiger partial charge in [0.2, 0.25) is 0 Å². The first-order valence-corrected chi connectivity index (χ1v) is 9.74. The summed E-state index contributed by atoms with van der Waals surface area (Å²) in [6.45, 7) is 2.22. The van der Waals surface area contributed by atoms with Gasteiger partial charge in [-0.05, 0) is 30.9 Å². The Morgan fingerprint density at radius 2 is 1.76 bits per heavy atom. The summed E-state index contributed by atoms with van der Waals surface area (Å²) in [6, 6.07) is 21.1. The minimum atomic E-state index is -1.78. The van der Waals surface area contributed by atoms with Crippen LogP contribution in [0.3, 0.4) is 0 Å². The minimum absolute atomic E-state index is 0.216. The zero-order valence-corrected chi connectivity index (χ0v) is 16.3. The third-order valence-electron chi connectivity index (χ3n) is 5.28. The number of amides is 1. The molecule has 0 saturated heterocycles. The lowest BCUT2D eigenvalue weighted by Crippen LogP contribution is -2.42. The number of carbonyl (C=O) groups is 2. The van der Waals surface area contributed by atoms with Crippen molar-refractivity contribution in [3.8, 4) is 5.75 Å². The Bertz CT molecular complexity index is 1070. The smallest absolute Gasteiger partial charge is 0.264 e. The van der Waals surface area contributed by atoms with Crippen LogP contribution in [0, 0.1) is 0 Å². The average molecular weight is 389 g/mol. The summed E-state index contributed by atoms with van der Waals surface area (Å²) >= 11 is 0. The van der Waals surface area contributed by atoms with Crippen LogP contribution < -0.4 is 9.64 Å². The summed E-state index contributed by atoms with van der Waals surface area (Å²) in [5, 5.41) is 13.1. The topological polar surface area (TPSA) is 66.8 Å². The maximum Gasteiger partial charge on any atom is 0.264 e. The third kappa shape index (κ3) is 3.49. The first-order valence-electron chi connectivity index (χ1n) is 9.74. The van der Waals surface area contributed by atoms with Crippen LogP contribution in [0.2, 0.25) is 0 Å². The number of carbonyl (C=O) groups excluding carboxylic acids is 2. The van der Waals surface area contributed by atoms with Crippen LogP contribution in [-0.4, -0.2) is 29.9 Å². The summed E-state index contributed by atoms with van der Waals surface area (Å²) in [7, 11) is 0. The van der Waals surface area contributed by atoms with Gasteiger partial charge in [-0.25, -0.2) is 0 Å². The molecule has 0 spiro atoms. The molecule has 148 valence electrons. The molecule has 1 aliphatic rings. The Morgan fingerprint density at radius 1 is 1.03 bits per heavy atom. The van der Waals surface area contributed by atoms with Gasteiger partial charge >= 0.3 is 0 Å². The van der Waals surface area contributed by atoms with Crippen LogP contribution in [0.4, 0.5) is 5.69 Å². The maximum atomic E-state index is 12.9. The molecule has 4 rings (SSSR count). The van der Waals surface area contributed by atoms with Gasteiger partial charge in [0.1, 0.15) is 11.5 Å². The Balaban J connectivity index is 1.46. The van der Waals surface area contributed by atoms with Crippen molar-refractivity contribution in [3.05, 3.63) is 72.3 Å². The lowest BCUT2D eigenvalue weighted by molar-refractivity contribution is -0.141. The van der Waals surface area contributed by atoms with Crippen LogP contribution in [0.25, 0.3) is 10.8 Å². The second-order valence-corrected chi connectivity index (χ2v) is 7.39. The van der Waals surface area contributed by atoms with Gasteiger partial charge in [0.25, 0.3) is 5.91 Å². The van der Waals surface area contributed by atoms with Gasteiger partial charge < -0.3 is 14.7 Å². The summed E-state index contributed by atoms with van der Waals surface area (Å²) in [6.07, 6.45) is 0.380. The molecule has 0 radical (unpaired) electrons. The highest BCUT2D eigenvalue weighted by atomic mass is 16.5. The van der Waals surface area contributed by atoms with E-state index in [9.17, 15) is 14.7 Å². The predicted octanol–water partition coefficient (Wildman–Crippen LogP) is 3.82. The Hall–Kier alpha value is -3.18.